The van der Waals surface area contributed by atoms with Crippen molar-refractivity contribution in [2.24, 2.45) is 0 Å². The quantitative estimate of drug-likeness (QED) is 0.452. The van der Waals surface area contributed by atoms with E-state index in [-0.39, 0.29) is 5.69 Å². The zero-order valence-corrected chi connectivity index (χ0v) is 12.3. The molecule has 1 aromatic carbocycles. The van der Waals surface area contributed by atoms with Crippen LogP contribution in [0.2, 0.25) is 0 Å². The monoisotopic (exact) mass is 284 g/mol. The van der Waals surface area contributed by atoms with Crippen molar-refractivity contribution in [1.82, 2.24) is 5.32 Å². The van der Waals surface area contributed by atoms with Gasteiger partial charge >= 0.3 is 5.69 Å². The Bertz CT molecular complexity index is 424. The van der Waals surface area contributed by atoms with Crippen molar-refractivity contribution in [3.8, 4) is 5.75 Å². The lowest BCUT2D eigenvalue weighted by molar-refractivity contribution is -0.385. The van der Waals surface area contributed by atoms with E-state index < -0.39 is 4.92 Å². The Balaban J connectivity index is 2.81. The lowest BCUT2D eigenvalue weighted by Crippen LogP contribution is -2.21. The largest absolute Gasteiger partial charge is 0.486 e. The summed E-state index contributed by atoms with van der Waals surface area (Å²) in [4.78, 5) is 10.5. The fraction of sp³-hybridized carbons (Fsp3) is 0.538. The van der Waals surface area contributed by atoms with E-state index in [4.69, 9.17) is 4.74 Å². The molecular weight excluding hydrogens is 264 g/mol. The van der Waals surface area contributed by atoms with E-state index in [1.54, 1.807) is 23.9 Å². The lowest BCUT2D eigenvalue weighted by atomic mass is 10.2. The average Bonchev–Trinajstić information content (AvgIpc) is 2.36. The summed E-state index contributed by atoms with van der Waals surface area (Å²) in [6, 6.07) is 5.38. The van der Waals surface area contributed by atoms with Crippen molar-refractivity contribution in [2.75, 3.05) is 18.6 Å². The number of hydrogen-bond donors (Lipinski definition) is 1. The summed E-state index contributed by atoms with van der Waals surface area (Å²) < 4.78 is 5.50. The second-order valence-electron chi connectivity index (χ2n) is 4.44. The molecule has 19 heavy (non-hydrogen) atoms. The van der Waals surface area contributed by atoms with E-state index in [1.807, 2.05) is 6.26 Å². The summed E-state index contributed by atoms with van der Waals surface area (Å²) in [7, 11) is 0. The third kappa shape index (κ3) is 5.48. The van der Waals surface area contributed by atoms with Crippen molar-refractivity contribution in [3.63, 3.8) is 0 Å². The maximum atomic E-state index is 10.9. The molecule has 0 unspecified atom stereocenters. The smallest absolute Gasteiger partial charge is 0.310 e. The molecule has 0 heterocycles. The summed E-state index contributed by atoms with van der Waals surface area (Å²) in [5.74, 6) is 1.16. The number of hydrogen-bond acceptors (Lipinski definition) is 5. The van der Waals surface area contributed by atoms with E-state index in [0.717, 1.165) is 11.3 Å². The second kappa shape index (κ2) is 8.01. The van der Waals surface area contributed by atoms with Crippen LogP contribution >= 0.6 is 11.8 Å². The summed E-state index contributed by atoms with van der Waals surface area (Å²) in [5.41, 5.74) is 1.01. The third-order valence-electron chi connectivity index (χ3n) is 2.48. The molecule has 0 radical (unpaired) electrons. The van der Waals surface area contributed by atoms with Crippen molar-refractivity contribution >= 4 is 17.4 Å². The molecule has 1 N–H and O–H groups in total. The first-order valence-corrected chi connectivity index (χ1v) is 7.56. The fourth-order valence-electron chi connectivity index (χ4n) is 1.49. The van der Waals surface area contributed by atoms with Crippen molar-refractivity contribution in [1.29, 1.82) is 0 Å². The molecule has 0 fully saturated rings. The molecule has 0 aromatic heterocycles. The van der Waals surface area contributed by atoms with Crippen LogP contribution in [0.1, 0.15) is 19.4 Å². The molecule has 106 valence electrons. The molecule has 0 aliphatic heterocycles. The maximum absolute atomic E-state index is 10.9. The van der Waals surface area contributed by atoms with Crippen LogP contribution in [0, 0.1) is 10.1 Å². The summed E-state index contributed by atoms with van der Waals surface area (Å²) in [6.45, 7) is 5.26. The standard InChI is InChI=1S/C13H20N2O3S/c1-10(2)14-9-11-4-5-12(15(16)17)13(8-11)18-6-7-19-3/h4-5,8,10,14H,6-7,9H2,1-3H3. The van der Waals surface area contributed by atoms with Gasteiger partial charge in [-0.25, -0.2) is 0 Å². The van der Waals surface area contributed by atoms with Gasteiger partial charge in [0.15, 0.2) is 5.75 Å². The van der Waals surface area contributed by atoms with Gasteiger partial charge in [0.25, 0.3) is 0 Å². The number of nitro groups is 1. The Labute approximate surface area is 117 Å². The zero-order chi connectivity index (χ0) is 14.3. The SMILES string of the molecule is CSCCOc1cc(CNC(C)C)ccc1[N+](=O)[O-]. The van der Waals surface area contributed by atoms with Gasteiger partial charge in [0.1, 0.15) is 0 Å². The van der Waals surface area contributed by atoms with Crippen LogP contribution in [-0.4, -0.2) is 29.6 Å². The first-order chi connectivity index (χ1) is 9.04. The molecule has 0 saturated carbocycles. The molecule has 5 nitrogen and oxygen atoms in total. The van der Waals surface area contributed by atoms with Crippen molar-refractivity contribution in [3.05, 3.63) is 33.9 Å². The second-order valence-corrected chi connectivity index (χ2v) is 5.42. The van der Waals surface area contributed by atoms with E-state index in [0.29, 0.717) is 24.9 Å². The molecular formula is C13H20N2O3S. The van der Waals surface area contributed by atoms with Gasteiger partial charge in [0.2, 0.25) is 0 Å². The molecule has 0 amide bonds. The molecule has 0 aliphatic carbocycles. The van der Waals surface area contributed by atoms with Gasteiger partial charge in [-0.15, -0.1) is 0 Å². The van der Waals surface area contributed by atoms with E-state index in [2.05, 4.69) is 19.2 Å². The number of nitrogens with one attached hydrogen (secondary N) is 1. The van der Waals surface area contributed by atoms with Crippen LogP contribution in [0.15, 0.2) is 18.2 Å². The molecule has 0 atom stereocenters. The molecule has 0 bridgehead atoms. The van der Waals surface area contributed by atoms with Gasteiger partial charge < -0.3 is 10.1 Å². The normalized spacial score (nSPS) is 10.7. The molecule has 6 heteroatoms. The molecule has 1 rings (SSSR count). The third-order valence-corrected chi connectivity index (χ3v) is 3.06. The van der Waals surface area contributed by atoms with E-state index in [1.165, 1.54) is 6.07 Å². The average molecular weight is 284 g/mol. The maximum Gasteiger partial charge on any atom is 0.310 e. The zero-order valence-electron chi connectivity index (χ0n) is 11.5. The number of rotatable bonds is 8. The van der Waals surface area contributed by atoms with Crippen LogP contribution in [0.5, 0.6) is 5.75 Å². The summed E-state index contributed by atoms with van der Waals surface area (Å²) in [6.07, 6.45) is 1.97. The van der Waals surface area contributed by atoms with Crippen LogP contribution < -0.4 is 10.1 Å². The Morgan fingerprint density at radius 3 is 2.79 bits per heavy atom. The first kappa shape index (κ1) is 15.8. The fourth-order valence-corrected chi connectivity index (χ4v) is 1.74. The van der Waals surface area contributed by atoms with Crippen LogP contribution in [0.25, 0.3) is 0 Å². The van der Waals surface area contributed by atoms with Crippen LogP contribution in [0.3, 0.4) is 0 Å². The summed E-state index contributed by atoms with van der Waals surface area (Å²) in [5, 5.41) is 14.2. The van der Waals surface area contributed by atoms with Gasteiger partial charge in [-0.3, -0.25) is 10.1 Å². The number of nitrogens with zero attached hydrogens (tertiary/aromatic N) is 1. The van der Waals surface area contributed by atoms with E-state index in [9.17, 15) is 10.1 Å². The predicted octanol–water partition coefficient (Wildman–Crippen LogP) is 2.83. The molecule has 0 aliphatic rings. The topological polar surface area (TPSA) is 64.4 Å². The Hall–Kier alpha value is -1.27. The highest BCUT2D eigenvalue weighted by molar-refractivity contribution is 7.98. The minimum absolute atomic E-state index is 0.0226. The van der Waals surface area contributed by atoms with Gasteiger partial charge in [-0.2, -0.15) is 11.8 Å². The van der Waals surface area contributed by atoms with E-state index >= 15 is 0 Å². The van der Waals surface area contributed by atoms with Crippen molar-refractivity contribution in [2.45, 2.75) is 26.4 Å². The number of thioether (sulfide) groups is 1. The first-order valence-electron chi connectivity index (χ1n) is 6.17. The highest BCUT2D eigenvalue weighted by Crippen LogP contribution is 2.28. The predicted molar refractivity (Wildman–Crippen MR) is 78.9 cm³/mol. The summed E-state index contributed by atoms with van der Waals surface area (Å²) >= 11 is 1.65. The minimum atomic E-state index is -0.409. The molecule has 0 saturated heterocycles. The number of ether oxygens (including phenoxy) is 1. The Morgan fingerprint density at radius 2 is 2.21 bits per heavy atom. The highest BCUT2D eigenvalue weighted by Gasteiger charge is 2.15. The Kier molecular flexibility index (Phi) is 6.66. The van der Waals surface area contributed by atoms with Crippen molar-refractivity contribution < 1.29 is 9.66 Å². The minimum Gasteiger partial charge on any atom is -0.486 e. The molecule has 0 spiro atoms. The highest BCUT2D eigenvalue weighted by atomic mass is 32.2. The van der Waals surface area contributed by atoms with Gasteiger partial charge in [0.05, 0.1) is 11.5 Å². The lowest BCUT2D eigenvalue weighted by Gasteiger charge is -2.10. The molecule has 1 aromatic rings. The Morgan fingerprint density at radius 1 is 1.47 bits per heavy atom. The number of benzene rings is 1. The van der Waals surface area contributed by atoms with Gasteiger partial charge in [-0.1, -0.05) is 19.9 Å². The van der Waals surface area contributed by atoms with Crippen LogP contribution in [-0.2, 0) is 6.54 Å². The van der Waals surface area contributed by atoms with Gasteiger partial charge in [-0.05, 0) is 17.9 Å². The number of nitro benzene ring substituents is 1. The van der Waals surface area contributed by atoms with Crippen LogP contribution in [0.4, 0.5) is 5.69 Å². The van der Waals surface area contributed by atoms with Gasteiger partial charge in [0, 0.05) is 24.4 Å².